The minimum Gasteiger partial charge on any atom is -0.466 e. The lowest BCUT2D eigenvalue weighted by molar-refractivity contribution is -0.141. The summed E-state index contributed by atoms with van der Waals surface area (Å²) >= 11 is 0. The number of nitrogens with zero attached hydrogens (tertiary/aromatic N) is 2. The third-order valence-electron chi connectivity index (χ3n) is 2.00. The number of hydrogen-bond donors (Lipinski definition) is 0. The molecule has 0 unspecified atom stereocenters. The summed E-state index contributed by atoms with van der Waals surface area (Å²) in [6.45, 7) is 5.25. The Hall–Kier alpha value is -1.13. The largest absolute Gasteiger partial charge is 0.466 e. The van der Waals surface area contributed by atoms with Gasteiger partial charge in [-0.3, -0.25) is 9.80 Å². The number of unbranched alkanes of at least 4 members (excludes halogenated alkanes) is 2. The third kappa shape index (κ3) is 9.18. The number of carbonyl (C=O) groups excluding carboxylic acids is 1. The lowest BCUT2D eigenvalue weighted by atomic mass is 10.3. The van der Waals surface area contributed by atoms with Crippen LogP contribution in [0.3, 0.4) is 0 Å². The molecule has 0 saturated carbocycles. The molecule has 0 N–H and O–H groups in total. The molecular weight excluding hydrogens is 196 g/mol. The van der Waals surface area contributed by atoms with Gasteiger partial charge in [0.25, 0.3) is 0 Å². The number of carbonyl (C=O) groups is 1. The van der Waals surface area contributed by atoms with Gasteiger partial charge in [-0.1, -0.05) is 13.3 Å². The van der Waals surface area contributed by atoms with Gasteiger partial charge in [-0.05, 0) is 19.3 Å². The van der Waals surface area contributed by atoms with E-state index >= 15 is 0 Å². The van der Waals surface area contributed by atoms with Crippen molar-refractivity contribution in [3.05, 3.63) is 4.91 Å². The van der Waals surface area contributed by atoms with Crippen LogP contribution in [0.15, 0.2) is 5.29 Å². The molecule has 0 radical (unpaired) electrons. The van der Waals surface area contributed by atoms with Gasteiger partial charge in [-0.15, -0.1) is 4.91 Å². The van der Waals surface area contributed by atoms with E-state index in [4.69, 9.17) is 4.74 Å². The monoisotopic (exact) mass is 216 g/mol. The van der Waals surface area contributed by atoms with Crippen molar-refractivity contribution in [2.45, 2.75) is 39.5 Å². The van der Waals surface area contributed by atoms with Crippen molar-refractivity contribution in [2.75, 3.05) is 19.7 Å². The molecule has 0 aliphatic rings. The minimum absolute atomic E-state index is 0.258. The Morgan fingerprint density at radius 3 is 2.47 bits per heavy atom. The molecule has 0 aromatic heterocycles. The second-order valence-electron chi connectivity index (χ2n) is 3.44. The number of esters is 1. The highest BCUT2D eigenvalue weighted by atomic mass is 16.5. The highest BCUT2D eigenvalue weighted by Gasteiger charge is 2.01. The van der Waals surface area contributed by atoms with E-state index in [1.807, 2.05) is 0 Å². The molecule has 0 fully saturated rings. The number of ether oxygens (including phenoxy) is 1. The van der Waals surface area contributed by atoms with Crippen LogP contribution in [-0.2, 0) is 9.53 Å². The van der Waals surface area contributed by atoms with Crippen molar-refractivity contribution in [3.8, 4) is 0 Å². The highest BCUT2D eigenvalue weighted by Crippen LogP contribution is 1.99. The summed E-state index contributed by atoms with van der Waals surface area (Å²) in [6, 6.07) is 0. The molecule has 0 rings (SSSR count). The summed E-state index contributed by atoms with van der Waals surface area (Å²) in [5, 5.41) is 4.46. The van der Waals surface area contributed by atoms with E-state index in [2.05, 4.69) is 12.2 Å². The van der Waals surface area contributed by atoms with E-state index in [0.29, 0.717) is 19.7 Å². The SMILES string of the molecule is CCCCN(CCCCOC(C)=O)N=O. The average Bonchev–Trinajstić information content (AvgIpc) is 2.21. The maximum atomic E-state index is 10.4. The standard InChI is InChI=1S/C10H20N2O3/c1-3-4-7-12(11-14)8-5-6-9-15-10(2)13/h3-9H2,1-2H3. The normalized spacial score (nSPS) is 9.73. The molecule has 0 aliphatic carbocycles. The van der Waals surface area contributed by atoms with Gasteiger partial charge in [0.15, 0.2) is 0 Å². The van der Waals surface area contributed by atoms with Gasteiger partial charge < -0.3 is 4.74 Å². The predicted molar refractivity (Wildman–Crippen MR) is 58.1 cm³/mol. The van der Waals surface area contributed by atoms with Gasteiger partial charge in [0.05, 0.1) is 11.9 Å². The first-order valence-corrected chi connectivity index (χ1v) is 5.42. The summed E-state index contributed by atoms with van der Waals surface area (Å²) in [5.41, 5.74) is 0. The van der Waals surface area contributed by atoms with Crippen LogP contribution in [0.5, 0.6) is 0 Å². The molecule has 5 heteroatoms. The van der Waals surface area contributed by atoms with Crippen LogP contribution in [0.4, 0.5) is 0 Å². The van der Waals surface area contributed by atoms with Crippen molar-refractivity contribution >= 4 is 5.97 Å². The molecule has 0 aromatic carbocycles. The maximum absolute atomic E-state index is 10.4. The van der Waals surface area contributed by atoms with Gasteiger partial charge in [0.1, 0.15) is 0 Å². The second kappa shape index (κ2) is 9.43. The Kier molecular flexibility index (Phi) is 8.72. The summed E-state index contributed by atoms with van der Waals surface area (Å²) in [6.07, 6.45) is 3.63. The summed E-state index contributed by atoms with van der Waals surface area (Å²) < 4.78 is 4.77. The second-order valence-corrected chi connectivity index (χ2v) is 3.44. The van der Waals surface area contributed by atoms with E-state index in [9.17, 15) is 9.70 Å². The van der Waals surface area contributed by atoms with Crippen molar-refractivity contribution < 1.29 is 9.53 Å². The van der Waals surface area contributed by atoms with Crippen molar-refractivity contribution in [1.82, 2.24) is 5.01 Å². The van der Waals surface area contributed by atoms with E-state index < -0.39 is 0 Å². The minimum atomic E-state index is -0.258. The first-order chi connectivity index (χ1) is 7.20. The van der Waals surface area contributed by atoms with Gasteiger partial charge >= 0.3 is 5.97 Å². The van der Waals surface area contributed by atoms with Crippen LogP contribution in [-0.4, -0.2) is 30.7 Å². The molecule has 0 bridgehead atoms. The molecule has 0 amide bonds. The summed E-state index contributed by atoms with van der Waals surface area (Å²) in [5.74, 6) is -0.258. The van der Waals surface area contributed by atoms with Crippen LogP contribution < -0.4 is 0 Å². The van der Waals surface area contributed by atoms with Gasteiger partial charge in [-0.25, -0.2) is 0 Å². The predicted octanol–water partition coefficient (Wildman–Crippen LogP) is 2.11. The van der Waals surface area contributed by atoms with E-state index in [0.717, 1.165) is 25.7 Å². The average molecular weight is 216 g/mol. The fourth-order valence-electron chi connectivity index (χ4n) is 1.15. The topological polar surface area (TPSA) is 59.0 Å². The van der Waals surface area contributed by atoms with Crippen LogP contribution >= 0.6 is 0 Å². The van der Waals surface area contributed by atoms with E-state index in [-0.39, 0.29) is 5.97 Å². The zero-order valence-corrected chi connectivity index (χ0v) is 9.57. The highest BCUT2D eigenvalue weighted by molar-refractivity contribution is 5.65. The molecule has 5 nitrogen and oxygen atoms in total. The van der Waals surface area contributed by atoms with Gasteiger partial charge in [0, 0.05) is 20.0 Å². The molecular formula is C10H20N2O3. The molecule has 0 aromatic rings. The van der Waals surface area contributed by atoms with E-state index in [1.54, 1.807) is 0 Å². The Balaban J connectivity index is 3.37. The fourth-order valence-corrected chi connectivity index (χ4v) is 1.15. The molecule has 0 heterocycles. The summed E-state index contributed by atoms with van der Waals surface area (Å²) in [7, 11) is 0. The summed E-state index contributed by atoms with van der Waals surface area (Å²) in [4.78, 5) is 20.8. The Morgan fingerprint density at radius 2 is 1.93 bits per heavy atom. The number of rotatable bonds is 9. The Morgan fingerprint density at radius 1 is 1.27 bits per heavy atom. The Bertz CT molecular complexity index is 186. The maximum Gasteiger partial charge on any atom is 0.302 e. The van der Waals surface area contributed by atoms with Crippen LogP contribution in [0, 0.1) is 4.91 Å². The van der Waals surface area contributed by atoms with Gasteiger partial charge in [0.2, 0.25) is 0 Å². The smallest absolute Gasteiger partial charge is 0.302 e. The van der Waals surface area contributed by atoms with Crippen LogP contribution in [0.2, 0.25) is 0 Å². The molecule has 88 valence electrons. The zero-order valence-electron chi connectivity index (χ0n) is 9.57. The zero-order chi connectivity index (χ0) is 11.5. The van der Waals surface area contributed by atoms with Crippen molar-refractivity contribution in [3.63, 3.8) is 0 Å². The quantitative estimate of drug-likeness (QED) is 0.256. The molecule has 0 saturated heterocycles. The lowest BCUT2D eigenvalue weighted by Gasteiger charge is -2.14. The first kappa shape index (κ1) is 13.9. The number of hydrogen-bond acceptors (Lipinski definition) is 4. The first-order valence-electron chi connectivity index (χ1n) is 5.42. The fraction of sp³-hybridized carbons (Fsp3) is 0.900. The van der Waals surface area contributed by atoms with Crippen LogP contribution in [0.25, 0.3) is 0 Å². The third-order valence-corrected chi connectivity index (χ3v) is 2.00. The number of nitroso groups, excluding NO2 is 1. The molecule has 15 heavy (non-hydrogen) atoms. The van der Waals surface area contributed by atoms with Crippen molar-refractivity contribution in [2.24, 2.45) is 5.29 Å². The van der Waals surface area contributed by atoms with Crippen molar-refractivity contribution in [1.29, 1.82) is 0 Å². The molecule has 0 aliphatic heterocycles. The van der Waals surface area contributed by atoms with Gasteiger partial charge in [-0.2, -0.15) is 0 Å². The molecule has 0 atom stereocenters. The molecule has 0 spiro atoms. The lowest BCUT2D eigenvalue weighted by Crippen LogP contribution is -2.19. The van der Waals surface area contributed by atoms with Crippen LogP contribution in [0.1, 0.15) is 39.5 Å². The van der Waals surface area contributed by atoms with E-state index in [1.165, 1.54) is 11.9 Å². The Labute approximate surface area is 90.7 Å².